The summed E-state index contributed by atoms with van der Waals surface area (Å²) in [6.07, 6.45) is 2.16. The molecule has 0 bridgehead atoms. The Morgan fingerprint density at radius 1 is 1.24 bits per heavy atom. The van der Waals surface area contributed by atoms with Gasteiger partial charge in [0, 0.05) is 25.7 Å². The van der Waals surface area contributed by atoms with E-state index in [1.165, 1.54) is 0 Å². The van der Waals surface area contributed by atoms with Crippen molar-refractivity contribution in [1.82, 2.24) is 9.88 Å². The molecule has 5 heteroatoms. The first-order chi connectivity index (χ1) is 10.2. The molecule has 4 nitrogen and oxygen atoms in total. The zero-order valence-electron chi connectivity index (χ0n) is 11.5. The fraction of sp³-hybridized carbons (Fsp3) is 0.250. The topological polar surface area (TPSA) is 45.2 Å². The SMILES string of the molecule is O=C1CC(Nc2ncccc2Cl)CN1Cc1ccccc1. The van der Waals surface area contributed by atoms with Crippen LogP contribution in [0.3, 0.4) is 0 Å². The summed E-state index contributed by atoms with van der Waals surface area (Å²) in [6.45, 7) is 1.31. The average molecular weight is 302 g/mol. The summed E-state index contributed by atoms with van der Waals surface area (Å²) in [4.78, 5) is 18.2. The van der Waals surface area contributed by atoms with E-state index in [1.807, 2.05) is 35.2 Å². The highest BCUT2D eigenvalue weighted by atomic mass is 35.5. The lowest BCUT2D eigenvalue weighted by Crippen LogP contribution is -2.27. The highest BCUT2D eigenvalue weighted by Crippen LogP contribution is 2.22. The van der Waals surface area contributed by atoms with E-state index >= 15 is 0 Å². The number of halogens is 1. The van der Waals surface area contributed by atoms with Gasteiger partial charge in [0.1, 0.15) is 5.82 Å². The van der Waals surface area contributed by atoms with Crippen molar-refractivity contribution >= 4 is 23.3 Å². The van der Waals surface area contributed by atoms with Gasteiger partial charge in [0.05, 0.1) is 11.1 Å². The third-order valence-corrected chi connectivity index (χ3v) is 3.84. The van der Waals surface area contributed by atoms with Gasteiger partial charge in [0.15, 0.2) is 0 Å². The minimum absolute atomic E-state index is 0.0496. The molecule has 0 aliphatic carbocycles. The van der Waals surface area contributed by atoms with Gasteiger partial charge in [0.2, 0.25) is 5.91 Å². The molecular formula is C16H16ClN3O. The molecule has 1 fully saturated rings. The summed E-state index contributed by atoms with van der Waals surface area (Å²) in [5.74, 6) is 0.793. The van der Waals surface area contributed by atoms with Crippen LogP contribution in [0.25, 0.3) is 0 Å². The smallest absolute Gasteiger partial charge is 0.225 e. The number of nitrogens with zero attached hydrogens (tertiary/aromatic N) is 2. The normalized spacial score (nSPS) is 18.0. The molecule has 1 amide bonds. The van der Waals surface area contributed by atoms with Crippen LogP contribution < -0.4 is 5.32 Å². The predicted molar refractivity (Wildman–Crippen MR) is 83.1 cm³/mol. The molecular weight excluding hydrogens is 286 g/mol. The molecule has 1 aliphatic rings. The minimum atomic E-state index is 0.0496. The fourth-order valence-corrected chi connectivity index (χ4v) is 2.69. The van der Waals surface area contributed by atoms with Gasteiger partial charge >= 0.3 is 0 Å². The number of aromatic nitrogens is 1. The Bertz CT molecular complexity index is 632. The van der Waals surface area contributed by atoms with Crippen LogP contribution >= 0.6 is 11.6 Å². The molecule has 3 rings (SSSR count). The molecule has 1 N–H and O–H groups in total. The maximum absolute atomic E-state index is 12.1. The summed E-state index contributed by atoms with van der Waals surface area (Å²) in [5, 5.41) is 3.83. The molecule has 1 saturated heterocycles. The van der Waals surface area contributed by atoms with Crippen molar-refractivity contribution in [2.24, 2.45) is 0 Å². The fourth-order valence-electron chi connectivity index (χ4n) is 2.51. The van der Waals surface area contributed by atoms with Gasteiger partial charge in [0.25, 0.3) is 0 Å². The predicted octanol–water partition coefficient (Wildman–Crippen LogP) is 2.95. The van der Waals surface area contributed by atoms with E-state index in [0.29, 0.717) is 30.4 Å². The van der Waals surface area contributed by atoms with Crippen LogP contribution in [0.15, 0.2) is 48.7 Å². The van der Waals surface area contributed by atoms with E-state index in [9.17, 15) is 4.79 Å². The van der Waals surface area contributed by atoms with E-state index < -0.39 is 0 Å². The number of pyridine rings is 1. The van der Waals surface area contributed by atoms with Crippen molar-refractivity contribution in [2.75, 3.05) is 11.9 Å². The molecule has 108 valence electrons. The number of benzene rings is 1. The quantitative estimate of drug-likeness (QED) is 0.944. The van der Waals surface area contributed by atoms with Crippen molar-refractivity contribution < 1.29 is 4.79 Å². The number of likely N-dealkylation sites (tertiary alicyclic amines) is 1. The van der Waals surface area contributed by atoms with Crippen molar-refractivity contribution in [2.45, 2.75) is 19.0 Å². The summed E-state index contributed by atoms with van der Waals surface area (Å²) in [7, 11) is 0. The molecule has 1 aromatic carbocycles. The molecule has 2 heterocycles. The monoisotopic (exact) mass is 301 g/mol. The van der Waals surface area contributed by atoms with Crippen molar-refractivity contribution in [1.29, 1.82) is 0 Å². The average Bonchev–Trinajstić information content (AvgIpc) is 2.82. The van der Waals surface area contributed by atoms with Crippen LogP contribution in [0.2, 0.25) is 5.02 Å². The van der Waals surface area contributed by atoms with Gasteiger partial charge in [-0.25, -0.2) is 4.98 Å². The Hall–Kier alpha value is -2.07. The van der Waals surface area contributed by atoms with Crippen LogP contribution in [0.1, 0.15) is 12.0 Å². The highest BCUT2D eigenvalue weighted by Gasteiger charge is 2.29. The standard InChI is InChI=1S/C16H16ClN3O/c17-14-7-4-8-18-16(14)19-13-9-15(21)20(11-13)10-12-5-2-1-3-6-12/h1-8,13H,9-11H2,(H,18,19). The third kappa shape index (κ3) is 3.34. The summed E-state index contributed by atoms with van der Waals surface area (Å²) in [5.41, 5.74) is 1.14. The van der Waals surface area contributed by atoms with Crippen LogP contribution in [0, 0.1) is 0 Å². The lowest BCUT2D eigenvalue weighted by Gasteiger charge is -2.17. The van der Waals surface area contributed by atoms with Crippen LogP contribution in [-0.4, -0.2) is 28.4 Å². The van der Waals surface area contributed by atoms with Crippen LogP contribution in [-0.2, 0) is 11.3 Å². The number of nitrogens with one attached hydrogen (secondary N) is 1. The molecule has 0 spiro atoms. The Kier molecular flexibility index (Phi) is 4.06. The summed E-state index contributed by atoms with van der Waals surface area (Å²) >= 11 is 6.08. The van der Waals surface area contributed by atoms with Crippen molar-refractivity contribution in [3.63, 3.8) is 0 Å². The molecule has 1 aromatic heterocycles. The Balaban J connectivity index is 1.64. The van der Waals surface area contributed by atoms with Gasteiger partial charge in [-0.15, -0.1) is 0 Å². The zero-order chi connectivity index (χ0) is 14.7. The van der Waals surface area contributed by atoms with E-state index in [0.717, 1.165) is 5.56 Å². The first kappa shape index (κ1) is 13.9. The molecule has 0 saturated carbocycles. The number of amides is 1. The number of hydrogen-bond acceptors (Lipinski definition) is 3. The maximum atomic E-state index is 12.1. The molecule has 2 aromatic rings. The first-order valence-electron chi connectivity index (χ1n) is 6.91. The Morgan fingerprint density at radius 2 is 2.05 bits per heavy atom. The lowest BCUT2D eigenvalue weighted by atomic mass is 10.2. The largest absolute Gasteiger partial charge is 0.364 e. The zero-order valence-corrected chi connectivity index (χ0v) is 12.3. The van der Waals surface area contributed by atoms with Crippen molar-refractivity contribution in [3.05, 3.63) is 59.2 Å². The van der Waals surface area contributed by atoms with Gasteiger partial charge < -0.3 is 10.2 Å². The van der Waals surface area contributed by atoms with Gasteiger partial charge in [-0.3, -0.25) is 4.79 Å². The number of carbonyl (C=O) groups is 1. The second-order valence-electron chi connectivity index (χ2n) is 5.14. The lowest BCUT2D eigenvalue weighted by molar-refractivity contribution is -0.128. The van der Waals surface area contributed by atoms with E-state index in [1.54, 1.807) is 18.3 Å². The van der Waals surface area contributed by atoms with E-state index in [4.69, 9.17) is 11.6 Å². The molecule has 1 aliphatic heterocycles. The van der Waals surface area contributed by atoms with Gasteiger partial charge in [-0.1, -0.05) is 41.9 Å². The number of rotatable bonds is 4. The summed E-state index contributed by atoms with van der Waals surface area (Å²) < 4.78 is 0. The first-order valence-corrected chi connectivity index (χ1v) is 7.29. The number of anilines is 1. The molecule has 0 radical (unpaired) electrons. The Morgan fingerprint density at radius 3 is 2.81 bits per heavy atom. The van der Waals surface area contributed by atoms with E-state index in [-0.39, 0.29) is 11.9 Å². The number of hydrogen-bond donors (Lipinski definition) is 1. The molecule has 1 atom stereocenters. The minimum Gasteiger partial charge on any atom is -0.364 e. The van der Waals surface area contributed by atoms with Crippen molar-refractivity contribution in [3.8, 4) is 0 Å². The van der Waals surface area contributed by atoms with Crippen LogP contribution in [0.5, 0.6) is 0 Å². The molecule has 1 unspecified atom stereocenters. The maximum Gasteiger partial charge on any atom is 0.225 e. The van der Waals surface area contributed by atoms with Gasteiger partial charge in [-0.05, 0) is 17.7 Å². The second kappa shape index (κ2) is 6.14. The molecule has 21 heavy (non-hydrogen) atoms. The van der Waals surface area contributed by atoms with E-state index in [2.05, 4.69) is 10.3 Å². The third-order valence-electron chi connectivity index (χ3n) is 3.53. The summed E-state index contributed by atoms with van der Waals surface area (Å²) in [6, 6.07) is 13.6. The Labute approximate surface area is 128 Å². The van der Waals surface area contributed by atoms with Gasteiger partial charge in [-0.2, -0.15) is 0 Å². The van der Waals surface area contributed by atoms with Crippen LogP contribution in [0.4, 0.5) is 5.82 Å². The highest BCUT2D eigenvalue weighted by molar-refractivity contribution is 6.32. The second-order valence-corrected chi connectivity index (χ2v) is 5.55. The number of carbonyl (C=O) groups excluding carboxylic acids is 1.